The van der Waals surface area contributed by atoms with Crippen LogP contribution in [0.1, 0.15) is 51.5 Å². The summed E-state index contributed by atoms with van der Waals surface area (Å²) in [6.45, 7) is 4.54. The Balaban J connectivity index is 1.54. The van der Waals surface area contributed by atoms with Gasteiger partial charge in [0.15, 0.2) is 11.5 Å². The Morgan fingerprint density at radius 3 is 2.61 bits per heavy atom. The van der Waals surface area contributed by atoms with E-state index in [1.165, 1.54) is 19.8 Å². The summed E-state index contributed by atoms with van der Waals surface area (Å²) in [5.41, 5.74) is 4.50. The zero-order valence-electron chi connectivity index (χ0n) is 21.0. The van der Waals surface area contributed by atoms with Gasteiger partial charge in [-0.2, -0.15) is 4.90 Å². The predicted molar refractivity (Wildman–Crippen MR) is 141 cm³/mol. The molecule has 0 aromatic heterocycles. The first-order chi connectivity index (χ1) is 17.2. The second-order valence-corrected chi connectivity index (χ2v) is 10.6. The topological polar surface area (TPSA) is 102 Å². The average molecular weight is 609 g/mol. The van der Waals surface area contributed by atoms with Gasteiger partial charge in [-0.25, -0.2) is 4.79 Å². The third kappa shape index (κ3) is 4.67. The van der Waals surface area contributed by atoms with Crippen LogP contribution in [-0.2, 0) is 19.1 Å². The van der Waals surface area contributed by atoms with Crippen molar-refractivity contribution < 1.29 is 33.7 Å². The number of amides is 3. The molecule has 9 heteroatoms. The number of methoxy groups -OCH3 is 2. The molecule has 0 unspecified atom stereocenters. The Morgan fingerprint density at radius 1 is 1.22 bits per heavy atom. The van der Waals surface area contributed by atoms with Crippen LogP contribution in [0.25, 0.3) is 6.08 Å². The van der Waals surface area contributed by atoms with Crippen LogP contribution in [0.5, 0.6) is 11.5 Å². The molecule has 0 spiro atoms. The van der Waals surface area contributed by atoms with Crippen LogP contribution >= 0.6 is 22.6 Å². The summed E-state index contributed by atoms with van der Waals surface area (Å²) in [7, 11) is 2.71. The summed E-state index contributed by atoms with van der Waals surface area (Å²) >= 11 is 2.09. The van der Waals surface area contributed by atoms with Gasteiger partial charge in [-0.15, -0.1) is 0 Å². The smallest absolute Gasteiger partial charge is 0.423 e. The van der Waals surface area contributed by atoms with E-state index in [-0.39, 0.29) is 17.8 Å². The van der Waals surface area contributed by atoms with Crippen LogP contribution in [0.4, 0.5) is 4.79 Å². The standard InChI is InChI=1S/C27H32INO7/c1-5-14(9-15-10-19(28)24(30)21(11-15)34-3)7-8-20-22-16(6-2)12-17-23(18(22)13-36-20)26(32)29(25(17)31)27(33)35-4/h9-11,17-18,20,23,30H,5-8,12-13H2,1-4H3/b14-9+/t17-,18+,20-,23-/m1/s1. The molecule has 4 atom stereocenters. The van der Waals surface area contributed by atoms with Gasteiger partial charge in [0.2, 0.25) is 11.8 Å². The van der Waals surface area contributed by atoms with E-state index in [0.29, 0.717) is 23.7 Å². The molecule has 2 aliphatic heterocycles. The highest BCUT2D eigenvalue weighted by atomic mass is 127. The van der Waals surface area contributed by atoms with E-state index in [9.17, 15) is 19.5 Å². The van der Waals surface area contributed by atoms with Crippen molar-refractivity contribution >= 4 is 46.6 Å². The Bertz CT molecular complexity index is 1140. The molecule has 36 heavy (non-hydrogen) atoms. The molecule has 1 aromatic rings. The van der Waals surface area contributed by atoms with Crippen LogP contribution in [0, 0.1) is 21.3 Å². The number of nitrogens with zero attached hydrogens (tertiary/aromatic N) is 1. The molecule has 1 aromatic carbocycles. The maximum Gasteiger partial charge on any atom is 0.423 e. The molecule has 0 saturated carbocycles. The molecular formula is C27H32INO7. The number of carbonyl (C=O) groups excluding carboxylic acids is 3. The summed E-state index contributed by atoms with van der Waals surface area (Å²) in [5.74, 6) is -1.63. The summed E-state index contributed by atoms with van der Waals surface area (Å²) in [6, 6.07) is 3.75. The van der Waals surface area contributed by atoms with Gasteiger partial charge in [0.25, 0.3) is 0 Å². The fraction of sp³-hybridized carbons (Fsp3) is 0.519. The molecule has 3 amide bonds. The van der Waals surface area contributed by atoms with Gasteiger partial charge in [0.05, 0.1) is 42.3 Å². The summed E-state index contributed by atoms with van der Waals surface area (Å²) in [6.07, 6.45) is 4.78. The monoisotopic (exact) mass is 609 g/mol. The minimum absolute atomic E-state index is 0.120. The lowest BCUT2D eigenvalue weighted by molar-refractivity contribution is -0.137. The number of hydrogen-bond acceptors (Lipinski definition) is 7. The van der Waals surface area contributed by atoms with Crippen molar-refractivity contribution in [1.82, 2.24) is 4.90 Å². The number of phenolic OH excluding ortho intramolecular Hbond substituents is 1. The van der Waals surface area contributed by atoms with E-state index in [2.05, 4.69) is 42.5 Å². The van der Waals surface area contributed by atoms with E-state index < -0.39 is 29.7 Å². The molecule has 8 nitrogen and oxygen atoms in total. The quantitative estimate of drug-likeness (QED) is 0.262. The number of imide groups is 3. The minimum atomic E-state index is -0.910. The third-order valence-electron chi connectivity index (χ3n) is 7.62. The molecule has 1 aliphatic carbocycles. The van der Waals surface area contributed by atoms with Crippen molar-refractivity contribution in [2.75, 3.05) is 20.8 Å². The molecular weight excluding hydrogens is 577 g/mol. The number of ether oxygens (including phenoxy) is 3. The van der Waals surface area contributed by atoms with Crippen LogP contribution in [0.2, 0.25) is 0 Å². The van der Waals surface area contributed by atoms with E-state index in [1.54, 1.807) is 0 Å². The number of rotatable bonds is 7. The minimum Gasteiger partial charge on any atom is -0.504 e. The zero-order valence-corrected chi connectivity index (χ0v) is 23.2. The first-order valence-corrected chi connectivity index (χ1v) is 13.4. The van der Waals surface area contributed by atoms with E-state index >= 15 is 0 Å². The SMILES string of the molecule is CCC1=C2[C@@H](CC/C(=C/c3cc(I)c(O)c(OC)c3)CC)OC[C@@H]2[C@@H]2C(=O)N(C(=O)OC)C(=O)[C@@H]2C1. The summed E-state index contributed by atoms with van der Waals surface area (Å²) in [5, 5.41) is 10.1. The van der Waals surface area contributed by atoms with Crippen LogP contribution in [-0.4, -0.2) is 54.8 Å². The van der Waals surface area contributed by atoms with Gasteiger partial charge < -0.3 is 19.3 Å². The average Bonchev–Trinajstić information content (AvgIpc) is 3.41. The van der Waals surface area contributed by atoms with Crippen molar-refractivity contribution in [3.63, 3.8) is 0 Å². The van der Waals surface area contributed by atoms with E-state index in [0.717, 1.165) is 46.0 Å². The molecule has 3 aliphatic rings. The lowest BCUT2D eigenvalue weighted by atomic mass is 9.69. The number of fused-ring (bicyclic) bond motifs is 3. The highest BCUT2D eigenvalue weighted by Gasteiger charge is 2.58. The van der Waals surface area contributed by atoms with Gasteiger partial charge in [0.1, 0.15) is 0 Å². The third-order valence-corrected chi connectivity index (χ3v) is 8.44. The number of phenols is 1. The largest absolute Gasteiger partial charge is 0.504 e. The fourth-order valence-electron chi connectivity index (χ4n) is 5.82. The van der Waals surface area contributed by atoms with Gasteiger partial charge in [-0.1, -0.05) is 31.1 Å². The van der Waals surface area contributed by atoms with Gasteiger partial charge in [-0.3, -0.25) is 9.59 Å². The molecule has 0 bridgehead atoms. The second kappa shape index (κ2) is 10.9. The lowest BCUT2D eigenvalue weighted by Gasteiger charge is -2.31. The highest BCUT2D eigenvalue weighted by molar-refractivity contribution is 14.1. The molecule has 0 radical (unpaired) electrons. The van der Waals surface area contributed by atoms with Crippen molar-refractivity contribution in [1.29, 1.82) is 0 Å². The highest BCUT2D eigenvalue weighted by Crippen LogP contribution is 2.50. The first-order valence-electron chi connectivity index (χ1n) is 12.3. The maximum absolute atomic E-state index is 13.1. The molecule has 2 fully saturated rings. The number of aromatic hydroxyl groups is 1. The molecule has 2 heterocycles. The Morgan fingerprint density at radius 2 is 1.97 bits per heavy atom. The number of allylic oxidation sites excluding steroid dienone is 2. The van der Waals surface area contributed by atoms with Crippen LogP contribution in [0.3, 0.4) is 0 Å². The fourth-order valence-corrected chi connectivity index (χ4v) is 6.44. The van der Waals surface area contributed by atoms with Crippen LogP contribution in [0.15, 0.2) is 28.9 Å². The Hall–Kier alpha value is -2.40. The van der Waals surface area contributed by atoms with Crippen molar-refractivity contribution in [3.8, 4) is 11.5 Å². The zero-order chi connectivity index (χ0) is 26.1. The number of halogens is 1. The van der Waals surface area contributed by atoms with E-state index in [4.69, 9.17) is 14.2 Å². The maximum atomic E-state index is 13.1. The van der Waals surface area contributed by atoms with Gasteiger partial charge in [0, 0.05) is 5.92 Å². The van der Waals surface area contributed by atoms with Crippen molar-refractivity contribution in [2.45, 2.75) is 52.1 Å². The predicted octanol–water partition coefficient (Wildman–Crippen LogP) is 5.07. The van der Waals surface area contributed by atoms with E-state index in [1.807, 2.05) is 12.1 Å². The molecule has 4 rings (SSSR count). The van der Waals surface area contributed by atoms with Gasteiger partial charge in [-0.05, 0) is 78.0 Å². The first kappa shape index (κ1) is 26.7. The van der Waals surface area contributed by atoms with Crippen LogP contribution < -0.4 is 4.74 Å². The summed E-state index contributed by atoms with van der Waals surface area (Å²) in [4.78, 5) is 38.8. The number of likely N-dealkylation sites (tertiary alicyclic amines) is 1. The molecule has 194 valence electrons. The Labute approximate surface area is 224 Å². The van der Waals surface area contributed by atoms with Crippen molar-refractivity contribution in [2.24, 2.45) is 17.8 Å². The molecule has 2 saturated heterocycles. The molecule has 1 N–H and O–H groups in total. The normalized spacial score (nSPS) is 25.8. The van der Waals surface area contributed by atoms with Gasteiger partial charge >= 0.3 is 6.09 Å². The lowest BCUT2D eigenvalue weighted by Crippen LogP contribution is -2.38. The van der Waals surface area contributed by atoms with Crippen molar-refractivity contribution in [3.05, 3.63) is 38.0 Å². The Kier molecular flexibility index (Phi) is 8.09. The number of hydrogen-bond donors (Lipinski definition) is 1. The second-order valence-electron chi connectivity index (χ2n) is 9.41. The number of carbonyl (C=O) groups is 3. The summed E-state index contributed by atoms with van der Waals surface area (Å²) < 4.78 is 16.9. The number of benzene rings is 1.